The Morgan fingerprint density at radius 3 is 2.55 bits per heavy atom. The fraction of sp³-hybridized carbons (Fsp3) is 0.450. The number of carbonyl (C=O) groups is 1. The molecule has 0 spiro atoms. The summed E-state index contributed by atoms with van der Waals surface area (Å²) in [6.07, 6.45) is 2.15. The molecule has 0 saturated heterocycles. The first kappa shape index (κ1) is 19.6. The first-order valence-corrected chi connectivity index (χ1v) is 10.5. The van der Waals surface area contributed by atoms with Gasteiger partial charge in [0.15, 0.2) is 17.3 Å². The van der Waals surface area contributed by atoms with E-state index in [-0.39, 0.29) is 5.78 Å². The number of nitrogens with zero attached hydrogens (tertiary/aromatic N) is 3. The second kappa shape index (κ2) is 7.98. The van der Waals surface area contributed by atoms with Crippen LogP contribution in [0.25, 0.3) is 0 Å². The van der Waals surface area contributed by atoms with Crippen molar-refractivity contribution in [3.8, 4) is 17.2 Å². The first-order chi connectivity index (χ1) is 14.1. The molecule has 1 aliphatic heterocycles. The number of fused-ring (bicyclic) bond motifs is 1. The van der Waals surface area contributed by atoms with E-state index in [0.29, 0.717) is 40.3 Å². The van der Waals surface area contributed by atoms with Gasteiger partial charge >= 0.3 is 0 Å². The summed E-state index contributed by atoms with van der Waals surface area (Å²) in [7, 11) is 4.77. The number of ether oxygens (including phenoxy) is 3. The highest BCUT2D eigenvalue weighted by atomic mass is 32.2. The molecule has 0 saturated carbocycles. The quantitative estimate of drug-likeness (QED) is 0.717. The Morgan fingerprint density at radius 1 is 1.14 bits per heavy atom. The lowest BCUT2D eigenvalue weighted by atomic mass is 9.85. The zero-order valence-electron chi connectivity index (χ0n) is 16.9. The number of hydrogen-bond donors (Lipinski definition) is 1. The van der Waals surface area contributed by atoms with Gasteiger partial charge in [-0.05, 0) is 24.7 Å². The molecule has 2 aliphatic rings. The molecule has 1 N–H and O–H groups in total. The summed E-state index contributed by atoms with van der Waals surface area (Å²) in [5, 5.41) is 8.70. The van der Waals surface area contributed by atoms with Crippen molar-refractivity contribution in [2.75, 3.05) is 32.4 Å². The number of allylic oxidation sites excluding steroid dienone is 2. The van der Waals surface area contributed by atoms with Crippen molar-refractivity contribution in [2.45, 2.75) is 37.4 Å². The minimum absolute atomic E-state index is 0.117. The molecular weight excluding hydrogens is 392 g/mol. The summed E-state index contributed by atoms with van der Waals surface area (Å²) < 4.78 is 18.4. The number of benzene rings is 1. The number of hydrogen-bond acceptors (Lipinski definition) is 8. The first-order valence-electron chi connectivity index (χ1n) is 9.53. The molecule has 1 aromatic heterocycles. The van der Waals surface area contributed by atoms with Crippen LogP contribution >= 0.6 is 11.8 Å². The predicted octanol–water partition coefficient (Wildman–Crippen LogP) is 3.44. The van der Waals surface area contributed by atoms with Gasteiger partial charge in [0.2, 0.25) is 11.1 Å². The molecule has 154 valence electrons. The second-order valence-electron chi connectivity index (χ2n) is 6.74. The summed E-state index contributed by atoms with van der Waals surface area (Å²) in [5.74, 6) is 3.35. The molecule has 2 heterocycles. The molecule has 1 unspecified atom stereocenters. The van der Waals surface area contributed by atoms with E-state index in [0.717, 1.165) is 29.9 Å². The number of aromatic nitrogens is 3. The average molecular weight is 417 g/mol. The van der Waals surface area contributed by atoms with Crippen LogP contribution < -0.4 is 19.5 Å². The van der Waals surface area contributed by atoms with Crippen LogP contribution in [0, 0.1) is 0 Å². The fourth-order valence-electron chi connectivity index (χ4n) is 3.88. The van der Waals surface area contributed by atoms with Crippen molar-refractivity contribution in [2.24, 2.45) is 0 Å². The highest BCUT2D eigenvalue weighted by Crippen LogP contribution is 2.46. The third-order valence-electron chi connectivity index (χ3n) is 5.15. The number of methoxy groups -OCH3 is 3. The third kappa shape index (κ3) is 3.33. The zero-order chi connectivity index (χ0) is 20.5. The summed E-state index contributed by atoms with van der Waals surface area (Å²) >= 11 is 1.56. The lowest BCUT2D eigenvalue weighted by molar-refractivity contribution is -0.116. The average Bonchev–Trinajstić information content (AvgIpc) is 3.13. The van der Waals surface area contributed by atoms with Gasteiger partial charge in [-0.25, -0.2) is 4.68 Å². The number of anilines is 1. The van der Waals surface area contributed by atoms with Crippen LogP contribution in [0.15, 0.2) is 28.6 Å². The maximum absolute atomic E-state index is 13.0. The lowest BCUT2D eigenvalue weighted by Crippen LogP contribution is -2.31. The standard InChI is InChI=1S/C20H24N4O4S/c1-5-29-20-22-19-21-12-7-6-8-13(25)17(12)18(24(19)23-20)11-9-15(27-3)16(28-4)10-14(11)26-2/h9-10,18H,5-8H2,1-4H3,(H,21,22,23). The van der Waals surface area contributed by atoms with Crippen LogP contribution in [0.3, 0.4) is 0 Å². The van der Waals surface area contributed by atoms with Crippen LogP contribution in [-0.4, -0.2) is 47.6 Å². The molecule has 29 heavy (non-hydrogen) atoms. The van der Waals surface area contributed by atoms with E-state index >= 15 is 0 Å². The van der Waals surface area contributed by atoms with E-state index in [4.69, 9.17) is 14.2 Å². The van der Waals surface area contributed by atoms with Gasteiger partial charge in [-0.15, -0.1) is 5.10 Å². The largest absolute Gasteiger partial charge is 0.496 e. The minimum atomic E-state index is -0.442. The Bertz CT molecular complexity index is 985. The highest BCUT2D eigenvalue weighted by molar-refractivity contribution is 7.99. The number of nitrogens with one attached hydrogen (secondary N) is 1. The molecular formula is C20H24N4O4S. The maximum atomic E-state index is 13.0. The van der Waals surface area contributed by atoms with Crippen molar-refractivity contribution in [1.29, 1.82) is 0 Å². The number of rotatable bonds is 6. The van der Waals surface area contributed by atoms with Crippen LogP contribution in [0.4, 0.5) is 5.95 Å². The zero-order valence-corrected chi connectivity index (χ0v) is 17.8. The van der Waals surface area contributed by atoms with E-state index in [9.17, 15) is 4.79 Å². The minimum Gasteiger partial charge on any atom is -0.496 e. The van der Waals surface area contributed by atoms with E-state index in [1.54, 1.807) is 43.8 Å². The van der Waals surface area contributed by atoms with Crippen LogP contribution in [0.2, 0.25) is 0 Å². The molecule has 4 rings (SSSR count). The van der Waals surface area contributed by atoms with Crippen molar-refractivity contribution < 1.29 is 19.0 Å². The van der Waals surface area contributed by atoms with Crippen LogP contribution in [0.5, 0.6) is 17.2 Å². The van der Waals surface area contributed by atoms with Gasteiger partial charge in [0, 0.05) is 29.3 Å². The smallest absolute Gasteiger partial charge is 0.227 e. The van der Waals surface area contributed by atoms with Gasteiger partial charge in [0.1, 0.15) is 11.8 Å². The van der Waals surface area contributed by atoms with Crippen LogP contribution in [0.1, 0.15) is 37.8 Å². The van der Waals surface area contributed by atoms with E-state index in [2.05, 4.69) is 22.3 Å². The summed E-state index contributed by atoms with van der Waals surface area (Å²) in [4.78, 5) is 17.6. The molecule has 0 amide bonds. The summed E-state index contributed by atoms with van der Waals surface area (Å²) in [6, 6.07) is 3.20. The van der Waals surface area contributed by atoms with Gasteiger partial charge in [0.05, 0.1) is 21.3 Å². The van der Waals surface area contributed by atoms with Gasteiger partial charge in [-0.3, -0.25) is 4.79 Å². The van der Waals surface area contributed by atoms with E-state index in [1.807, 2.05) is 6.07 Å². The van der Waals surface area contributed by atoms with Gasteiger partial charge in [0.25, 0.3) is 0 Å². The van der Waals surface area contributed by atoms with E-state index in [1.165, 1.54) is 0 Å². The lowest BCUT2D eigenvalue weighted by Gasteiger charge is -2.33. The summed E-state index contributed by atoms with van der Waals surface area (Å²) in [6.45, 7) is 2.06. The van der Waals surface area contributed by atoms with Gasteiger partial charge in [-0.1, -0.05) is 18.7 Å². The molecule has 1 aliphatic carbocycles. The highest BCUT2D eigenvalue weighted by Gasteiger charge is 2.38. The van der Waals surface area contributed by atoms with Gasteiger partial charge in [-0.2, -0.15) is 4.98 Å². The monoisotopic (exact) mass is 416 g/mol. The molecule has 1 atom stereocenters. The topological polar surface area (TPSA) is 87.5 Å². The van der Waals surface area contributed by atoms with Crippen molar-refractivity contribution in [3.63, 3.8) is 0 Å². The van der Waals surface area contributed by atoms with Gasteiger partial charge < -0.3 is 19.5 Å². The predicted molar refractivity (Wildman–Crippen MR) is 110 cm³/mol. The number of thioether (sulfide) groups is 1. The van der Waals surface area contributed by atoms with Crippen molar-refractivity contribution in [1.82, 2.24) is 14.8 Å². The third-order valence-corrected chi connectivity index (χ3v) is 5.87. The molecule has 0 fully saturated rings. The molecule has 9 heteroatoms. The molecule has 1 aromatic carbocycles. The Morgan fingerprint density at radius 2 is 1.86 bits per heavy atom. The number of carbonyl (C=O) groups excluding carboxylic acids is 1. The molecule has 0 bridgehead atoms. The molecule has 8 nitrogen and oxygen atoms in total. The van der Waals surface area contributed by atoms with Crippen molar-refractivity contribution >= 4 is 23.5 Å². The second-order valence-corrected chi connectivity index (χ2v) is 7.97. The Hall–Kier alpha value is -2.68. The SMILES string of the molecule is CCSc1nc2n(n1)C(c1cc(OC)c(OC)cc1OC)C1=C(CCCC1=O)N2. The number of ketones is 1. The maximum Gasteiger partial charge on any atom is 0.227 e. The molecule has 2 aromatic rings. The normalized spacial score (nSPS) is 18.1. The number of Topliss-reactive ketones (excluding diaryl/α,β-unsaturated/α-hetero) is 1. The fourth-order valence-corrected chi connectivity index (χ4v) is 4.44. The Balaban J connectivity index is 1.94. The van der Waals surface area contributed by atoms with Crippen LogP contribution in [-0.2, 0) is 4.79 Å². The summed E-state index contributed by atoms with van der Waals surface area (Å²) in [5.41, 5.74) is 2.41. The van der Waals surface area contributed by atoms with E-state index < -0.39 is 6.04 Å². The molecule has 0 radical (unpaired) electrons. The Labute approximate surface area is 173 Å². The van der Waals surface area contributed by atoms with Crippen molar-refractivity contribution in [3.05, 3.63) is 29.0 Å². The Kier molecular flexibility index (Phi) is 5.40.